The summed E-state index contributed by atoms with van der Waals surface area (Å²) in [4.78, 5) is 24.8. The van der Waals surface area contributed by atoms with E-state index in [9.17, 15) is 9.59 Å². The number of rotatable bonds is 1. The Morgan fingerprint density at radius 1 is 0.727 bits per heavy atom. The molecule has 0 radical (unpaired) electrons. The van der Waals surface area contributed by atoms with E-state index in [0.717, 1.165) is 19.5 Å². The molecule has 22 heavy (non-hydrogen) atoms. The largest absolute Gasteiger partial charge is 0.354 e. The van der Waals surface area contributed by atoms with Gasteiger partial charge in [-0.3, -0.25) is 9.59 Å². The Hall–Kier alpha value is -1.92. The molecule has 6 nitrogen and oxygen atoms in total. The van der Waals surface area contributed by atoms with Crippen molar-refractivity contribution >= 4 is 11.8 Å². The lowest BCUT2D eigenvalue weighted by atomic mass is 9.97. The first-order valence-corrected chi connectivity index (χ1v) is 7.81. The molecule has 6 heteroatoms. The Morgan fingerprint density at radius 3 is 1.82 bits per heavy atom. The average molecular weight is 304 g/mol. The van der Waals surface area contributed by atoms with E-state index in [-0.39, 0.29) is 11.8 Å². The number of hydrogen-bond acceptors (Lipinski definition) is 4. The summed E-state index contributed by atoms with van der Waals surface area (Å²) in [5.41, 5.74) is 0.713. The van der Waals surface area contributed by atoms with Crippen LogP contribution < -0.4 is 21.3 Å². The monoisotopic (exact) mass is 304 g/mol. The van der Waals surface area contributed by atoms with Gasteiger partial charge in [-0.25, -0.2) is 0 Å². The first-order valence-electron chi connectivity index (χ1n) is 7.81. The van der Waals surface area contributed by atoms with E-state index in [1.807, 2.05) is 30.3 Å². The molecule has 0 bridgehead atoms. The van der Waals surface area contributed by atoms with Crippen LogP contribution in [0.25, 0.3) is 0 Å². The highest BCUT2D eigenvalue weighted by molar-refractivity contribution is 6.05. The maximum atomic E-state index is 12.4. The van der Waals surface area contributed by atoms with Gasteiger partial charge < -0.3 is 21.3 Å². The summed E-state index contributed by atoms with van der Waals surface area (Å²) < 4.78 is 0. The zero-order chi connectivity index (χ0) is 15.6. The molecule has 0 unspecified atom stereocenters. The van der Waals surface area contributed by atoms with Crippen molar-refractivity contribution in [3.63, 3.8) is 0 Å². The van der Waals surface area contributed by atoms with Crippen LogP contribution in [0.2, 0.25) is 0 Å². The third-order valence-corrected chi connectivity index (χ3v) is 3.57. The molecule has 2 amide bonds. The highest BCUT2D eigenvalue weighted by atomic mass is 16.2. The molecule has 1 aliphatic heterocycles. The SMILES string of the molecule is O=C1NCCNCCCNCCNC(=O)C1c1ccccc1. The van der Waals surface area contributed by atoms with E-state index < -0.39 is 5.92 Å². The lowest BCUT2D eigenvalue weighted by Gasteiger charge is -2.18. The van der Waals surface area contributed by atoms with Gasteiger partial charge in [0.2, 0.25) is 11.8 Å². The second-order valence-electron chi connectivity index (χ2n) is 5.28. The molecule has 2 rings (SSSR count). The van der Waals surface area contributed by atoms with Gasteiger partial charge in [0, 0.05) is 26.2 Å². The number of nitrogens with one attached hydrogen (secondary N) is 4. The van der Waals surface area contributed by atoms with Gasteiger partial charge in [-0.1, -0.05) is 30.3 Å². The Bertz CT molecular complexity index is 454. The van der Waals surface area contributed by atoms with E-state index in [2.05, 4.69) is 21.3 Å². The summed E-state index contributed by atoms with van der Waals surface area (Å²) >= 11 is 0. The fourth-order valence-electron chi connectivity index (χ4n) is 2.41. The van der Waals surface area contributed by atoms with Crippen LogP contribution in [0.1, 0.15) is 17.9 Å². The van der Waals surface area contributed by atoms with Crippen molar-refractivity contribution in [2.75, 3.05) is 39.3 Å². The van der Waals surface area contributed by atoms with E-state index in [0.29, 0.717) is 31.7 Å². The minimum absolute atomic E-state index is 0.254. The van der Waals surface area contributed by atoms with Gasteiger partial charge in [-0.2, -0.15) is 0 Å². The normalized spacial score (nSPS) is 19.8. The van der Waals surface area contributed by atoms with Crippen LogP contribution in [-0.2, 0) is 9.59 Å². The first-order chi connectivity index (χ1) is 10.8. The molecule has 4 N–H and O–H groups in total. The van der Waals surface area contributed by atoms with E-state index >= 15 is 0 Å². The second kappa shape index (κ2) is 9.17. The zero-order valence-electron chi connectivity index (χ0n) is 12.7. The first kappa shape index (κ1) is 16.5. The third kappa shape index (κ3) is 5.13. The lowest BCUT2D eigenvalue weighted by Crippen LogP contribution is -2.44. The fraction of sp³-hybridized carbons (Fsp3) is 0.500. The lowest BCUT2D eigenvalue weighted by molar-refractivity contribution is -0.131. The summed E-state index contributed by atoms with van der Waals surface area (Å²) in [5.74, 6) is -1.31. The Kier molecular flexibility index (Phi) is 6.86. The molecule has 1 aromatic carbocycles. The molecule has 1 saturated heterocycles. The molecular weight excluding hydrogens is 280 g/mol. The summed E-state index contributed by atoms with van der Waals surface area (Å²) in [6, 6.07) is 9.16. The van der Waals surface area contributed by atoms with Crippen LogP contribution in [-0.4, -0.2) is 51.1 Å². The predicted molar refractivity (Wildman–Crippen MR) is 85.6 cm³/mol. The summed E-state index contributed by atoms with van der Waals surface area (Å²) in [6.07, 6.45) is 1.02. The summed E-state index contributed by atoms with van der Waals surface area (Å²) in [6.45, 7) is 4.27. The molecule has 1 aliphatic rings. The number of hydrogen-bond donors (Lipinski definition) is 4. The van der Waals surface area contributed by atoms with Gasteiger partial charge in [0.25, 0.3) is 0 Å². The minimum atomic E-state index is -0.802. The molecule has 0 aromatic heterocycles. The topological polar surface area (TPSA) is 82.3 Å². The molecule has 120 valence electrons. The maximum absolute atomic E-state index is 12.4. The van der Waals surface area contributed by atoms with Crippen molar-refractivity contribution in [1.82, 2.24) is 21.3 Å². The maximum Gasteiger partial charge on any atom is 0.237 e. The Labute approximate surface area is 131 Å². The van der Waals surface area contributed by atoms with Gasteiger partial charge in [-0.05, 0) is 25.1 Å². The highest BCUT2D eigenvalue weighted by Gasteiger charge is 2.27. The van der Waals surface area contributed by atoms with E-state index in [1.54, 1.807) is 0 Å². The number of carbonyl (C=O) groups is 2. The van der Waals surface area contributed by atoms with Crippen molar-refractivity contribution in [3.8, 4) is 0 Å². The molecule has 0 aliphatic carbocycles. The second-order valence-corrected chi connectivity index (χ2v) is 5.28. The molecular formula is C16H24N4O2. The summed E-state index contributed by atoms with van der Waals surface area (Å²) in [7, 11) is 0. The van der Waals surface area contributed by atoms with Crippen molar-refractivity contribution in [2.24, 2.45) is 0 Å². The third-order valence-electron chi connectivity index (χ3n) is 3.57. The molecule has 0 atom stereocenters. The predicted octanol–water partition coefficient (Wildman–Crippen LogP) is -0.414. The fourth-order valence-corrected chi connectivity index (χ4v) is 2.41. The van der Waals surface area contributed by atoms with Crippen LogP contribution in [0.5, 0.6) is 0 Å². The quantitative estimate of drug-likeness (QED) is 0.532. The van der Waals surface area contributed by atoms with E-state index in [1.165, 1.54) is 0 Å². The van der Waals surface area contributed by atoms with Gasteiger partial charge in [0.15, 0.2) is 0 Å². The molecule has 0 spiro atoms. The molecule has 1 fully saturated rings. The van der Waals surface area contributed by atoms with Crippen molar-refractivity contribution in [1.29, 1.82) is 0 Å². The number of carbonyl (C=O) groups excluding carboxylic acids is 2. The van der Waals surface area contributed by atoms with Crippen LogP contribution in [0.15, 0.2) is 30.3 Å². The highest BCUT2D eigenvalue weighted by Crippen LogP contribution is 2.16. The Balaban J connectivity index is 2.06. The van der Waals surface area contributed by atoms with Gasteiger partial charge in [-0.15, -0.1) is 0 Å². The summed E-state index contributed by atoms with van der Waals surface area (Å²) in [5, 5.41) is 12.2. The van der Waals surface area contributed by atoms with Crippen LogP contribution >= 0.6 is 0 Å². The number of benzene rings is 1. The standard InChI is InChI=1S/C16H24N4O2/c21-15-14(13-5-2-1-3-6-13)16(22)20-12-10-18-8-4-7-17-9-11-19-15/h1-3,5-6,14,17-18H,4,7-12H2,(H,19,21)(H,20,22). The molecule has 1 aromatic rings. The molecule has 1 heterocycles. The van der Waals surface area contributed by atoms with Crippen LogP contribution in [0.3, 0.4) is 0 Å². The smallest absolute Gasteiger partial charge is 0.237 e. The minimum Gasteiger partial charge on any atom is -0.354 e. The van der Waals surface area contributed by atoms with Crippen LogP contribution in [0, 0.1) is 0 Å². The van der Waals surface area contributed by atoms with Crippen molar-refractivity contribution in [2.45, 2.75) is 12.3 Å². The van der Waals surface area contributed by atoms with Crippen molar-refractivity contribution in [3.05, 3.63) is 35.9 Å². The van der Waals surface area contributed by atoms with Gasteiger partial charge >= 0.3 is 0 Å². The number of amides is 2. The Morgan fingerprint density at radius 2 is 1.27 bits per heavy atom. The zero-order valence-corrected chi connectivity index (χ0v) is 12.7. The molecule has 0 saturated carbocycles. The van der Waals surface area contributed by atoms with E-state index in [4.69, 9.17) is 0 Å². The van der Waals surface area contributed by atoms with Gasteiger partial charge in [0.1, 0.15) is 5.92 Å². The van der Waals surface area contributed by atoms with Crippen molar-refractivity contribution < 1.29 is 9.59 Å². The van der Waals surface area contributed by atoms with Crippen LogP contribution in [0.4, 0.5) is 0 Å². The van der Waals surface area contributed by atoms with Gasteiger partial charge in [0.05, 0.1) is 0 Å². The average Bonchev–Trinajstić information content (AvgIpc) is 2.53.